The highest BCUT2D eigenvalue weighted by atomic mass is 16.3. The van der Waals surface area contributed by atoms with Crippen molar-refractivity contribution in [3.8, 4) is 5.82 Å². The Morgan fingerprint density at radius 2 is 2.11 bits per heavy atom. The number of hydrogen-bond donors (Lipinski definition) is 2. The van der Waals surface area contributed by atoms with Crippen molar-refractivity contribution < 1.29 is 5.11 Å². The van der Waals surface area contributed by atoms with Crippen molar-refractivity contribution in [2.75, 3.05) is 11.9 Å². The molecule has 1 atom stereocenters. The van der Waals surface area contributed by atoms with Crippen molar-refractivity contribution in [2.24, 2.45) is 0 Å². The van der Waals surface area contributed by atoms with Crippen LogP contribution in [0.2, 0.25) is 0 Å². The molecule has 2 rings (SSSR count). The fourth-order valence-electron chi connectivity index (χ4n) is 1.86. The van der Waals surface area contributed by atoms with E-state index in [-0.39, 0.29) is 12.6 Å². The average molecular weight is 261 g/mol. The van der Waals surface area contributed by atoms with Crippen LogP contribution in [-0.4, -0.2) is 37.7 Å². The molecule has 0 bridgehead atoms. The van der Waals surface area contributed by atoms with Gasteiger partial charge in [0.2, 0.25) is 0 Å². The smallest absolute Gasteiger partial charge is 0.176 e. The summed E-state index contributed by atoms with van der Waals surface area (Å²) in [4.78, 5) is 0. The molecular weight excluding hydrogens is 242 g/mol. The summed E-state index contributed by atoms with van der Waals surface area (Å²) in [6, 6.07) is 5.71. The van der Waals surface area contributed by atoms with Crippen molar-refractivity contribution in [1.29, 1.82) is 0 Å². The number of aryl methyl sites for hydroxylation is 2. The largest absolute Gasteiger partial charge is 0.394 e. The number of anilines is 1. The molecular formula is C13H19N5O. The Kier molecular flexibility index (Phi) is 4.11. The lowest BCUT2D eigenvalue weighted by molar-refractivity contribution is 0.271. The lowest BCUT2D eigenvalue weighted by Crippen LogP contribution is -2.23. The first kappa shape index (κ1) is 13.5. The molecule has 0 amide bonds. The highest BCUT2D eigenvalue weighted by molar-refractivity contribution is 5.37. The van der Waals surface area contributed by atoms with Crippen LogP contribution in [0, 0.1) is 13.8 Å². The molecule has 2 heterocycles. The van der Waals surface area contributed by atoms with Crippen LogP contribution in [0.4, 0.5) is 5.82 Å². The Morgan fingerprint density at radius 3 is 2.58 bits per heavy atom. The molecule has 0 aliphatic carbocycles. The van der Waals surface area contributed by atoms with E-state index in [0.29, 0.717) is 11.6 Å². The monoisotopic (exact) mass is 261 g/mol. The number of nitrogens with one attached hydrogen (secondary N) is 1. The molecule has 102 valence electrons. The van der Waals surface area contributed by atoms with Gasteiger partial charge < -0.3 is 10.4 Å². The van der Waals surface area contributed by atoms with Gasteiger partial charge in [-0.25, -0.2) is 4.68 Å². The molecule has 0 aromatic carbocycles. The van der Waals surface area contributed by atoms with Crippen molar-refractivity contribution in [3.63, 3.8) is 0 Å². The number of rotatable bonds is 5. The van der Waals surface area contributed by atoms with Gasteiger partial charge in [0, 0.05) is 5.69 Å². The second kappa shape index (κ2) is 5.79. The topological polar surface area (TPSA) is 75.9 Å². The minimum Gasteiger partial charge on any atom is -0.394 e. The van der Waals surface area contributed by atoms with E-state index in [1.165, 1.54) is 0 Å². The first-order chi connectivity index (χ1) is 9.13. The van der Waals surface area contributed by atoms with Gasteiger partial charge in [0.1, 0.15) is 5.82 Å². The summed E-state index contributed by atoms with van der Waals surface area (Å²) in [5.74, 6) is 1.35. The molecule has 0 aliphatic heterocycles. The molecule has 19 heavy (non-hydrogen) atoms. The van der Waals surface area contributed by atoms with E-state index >= 15 is 0 Å². The highest BCUT2D eigenvalue weighted by Gasteiger charge is 2.08. The van der Waals surface area contributed by atoms with Gasteiger partial charge in [-0.15, -0.1) is 10.2 Å². The van der Waals surface area contributed by atoms with Crippen LogP contribution in [0.5, 0.6) is 0 Å². The van der Waals surface area contributed by atoms with Gasteiger partial charge in [-0.3, -0.25) is 0 Å². The number of aromatic nitrogens is 4. The van der Waals surface area contributed by atoms with Crippen molar-refractivity contribution in [2.45, 2.75) is 33.2 Å². The first-order valence-electron chi connectivity index (χ1n) is 6.38. The van der Waals surface area contributed by atoms with Crippen molar-refractivity contribution in [1.82, 2.24) is 20.0 Å². The predicted octanol–water partition coefficient (Wildman–Crippen LogP) is 1.46. The number of nitrogens with zero attached hydrogens (tertiary/aromatic N) is 4. The third-order valence-electron chi connectivity index (χ3n) is 2.94. The summed E-state index contributed by atoms with van der Waals surface area (Å²) in [5.41, 5.74) is 1.97. The van der Waals surface area contributed by atoms with Gasteiger partial charge in [-0.05, 0) is 38.5 Å². The third kappa shape index (κ3) is 3.08. The van der Waals surface area contributed by atoms with Crippen LogP contribution in [-0.2, 0) is 0 Å². The molecule has 0 aliphatic rings. The maximum Gasteiger partial charge on any atom is 0.176 e. The zero-order valence-corrected chi connectivity index (χ0v) is 11.5. The first-order valence-corrected chi connectivity index (χ1v) is 6.38. The summed E-state index contributed by atoms with van der Waals surface area (Å²) >= 11 is 0. The molecule has 0 saturated carbocycles. The fourth-order valence-corrected chi connectivity index (χ4v) is 1.86. The molecule has 0 saturated heterocycles. The molecule has 0 spiro atoms. The second-order valence-electron chi connectivity index (χ2n) is 4.55. The van der Waals surface area contributed by atoms with Crippen LogP contribution in [0.25, 0.3) is 5.82 Å². The maximum atomic E-state index is 9.13. The van der Waals surface area contributed by atoms with E-state index in [0.717, 1.165) is 17.8 Å². The Balaban J connectivity index is 2.16. The summed E-state index contributed by atoms with van der Waals surface area (Å²) < 4.78 is 1.76. The van der Waals surface area contributed by atoms with E-state index in [2.05, 4.69) is 20.6 Å². The molecule has 0 unspecified atom stereocenters. The van der Waals surface area contributed by atoms with Crippen LogP contribution >= 0.6 is 0 Å². The number of aliphatic hydroxyl groups excluding tert-OH is 1. The van der Waals surface area contributed by atoms with E-state index < -0.39 is 0 Å². The zero-order valence-electron chi connectivity index (χ0n) is 11.5. The van der Waals surface area contributed by atoms with Gasteiger partial charge in [0.25, 0.3) is 0 Å². The van der Waals surface area contributed by atoms with Gasteiger partial charge >= 0.3 is 0 Å². The van der Waals surface area contributed by atoms with Gasteiger partial charge in [0.05, 0.1) is 18.3 Å². The van der Waals surface area contributed by atoms with E-state index in [4.69, 9.17) is 5.11 Å². The fraction of sp³-hybridized carbons (Fsp3) is 0.462. The van der Waals surface area contributed by atoms with Crippen LogP contribution in [0.1, 0.15) is 24.7 Å². The van der Waals surface area contributed by atoms with E-state index in [1.54, 1.807) is 4.68 Å². The lowest BCUT2D eigenvalue weighted by Gasteiger charge is -2.14. The molecule has 0 fully saturated rings. The predicted molar refractivity (Wildman–Crippen MR) is 73.4 cm³/mol. The molecule has 6 nitrogen and oxygen atoms in total. The highest BCUT2D eigenvalue weighted by Crippen LogP contribution is 2.11. The Bertz CT molecular complexity index is 530. The summed E-state index contributed by atoms with van der Waals surface area (Å²) in [6.07, 6.45) is 0.831. The third-order valence-corrected chi connectivity index (χ3v) is 2.94. The summed E-state index contributed by atoms with van der Waals surface area (Å²) in [5, 5.41) is 24.9. The van der Waals surface area contributed by atoms with Gasteiger partial charge in [0.15, 0.2) is 5.82 Å². The SMILES string of the molecule is CC[C@@H](CO)Nc1ccc(-n2nc(C)cc2C)nn1. The number of aliphatic hydroxyl groups is 1. The molecule has 0 radical (unpaired) electrons. The number of hydrogen-bond acceptors (Lipinski definition) is 5. The van der Waals surface area contributed by atoms with Crippen LogP contribution in [0.3, 0.4) is 0 Å². The Labute approximate surface area is 112 Å². The molecule has 2 aromatic rings. The quantitative estimate of drug-likeness (QED) is 0.852. The van der Waals surface area contributed by atoms with Crippen molar-refractivity contribution in [3.05, 3.63) is 29.6 Å². The maximum absolute atomic E-state index is 9.13. The standard InChI is InChI=1S/C13H19N5O/c1-4-11(8-19)14-12-5-6-13(16-15-12)18-10(3)7-9(2)17-18/h5-7,11,19H,4,8H2,1-3H3,(H,14,15)/t11-/m0/s1. The molecule has 2 N–H and O–H groups in total. The van der Waals surface area contributed by atoms with Crippen LogP contribution in [0.15, 0.2) is 18.2 Å². The minimum atomic E-state index is 0.00818. The van der Waals surface area contributed by atoms with Gasteiger partial charge in [-0.2, -0.15) is 5.10 Å². The van der Waals surface area contributed by atoms with E-state index in [1.807, 2.05) is 39.0 Å². The minimum absolute atomic E-state index is 0.00818. The summed E-state index contributed by atoms with van der Waals surface area (Å²) in [6.45, 7) is 6.01. The Hall–Kier alpha value is -1.95. The second-order valence-corrected chi connectivity index (χ2v) is 4.55. The zero-order chi connectivity index (χ0) is 13.8. The summed E-state index contributed by atoms with van der Waals surface area (Å²) in [7, 11) is 0. The lowest BCUT2D eigenvalue weighted by atomic mass is 10.2. The molecule has 2 aromatic heterocycles. The average Bonchev–Trinajstić information content (AvgIpc) is 2.76. The van der Waals surface area contributed by atoms with E-state index in [9.17, 15) is 0 Å². The van der Waals surface area contributed by atoms with Crippen LogP contribution < -0.4 is 5.32 Å². The Morgan fingerprint density at radius 1 is 1.32 bits per heavy atom. The molecule has 6 heteroatoms. The van der Waals surface area contributed by atoms with Gasteiger partial charge in [-0.1, -0.05) is 6.92 Å². The normalized spacial score (nSPS) is 12.4. The van der Waals surface area contributed by atoms with Crippen molar-refractivity contribution >= 4 is 5.82 Å².